The van der Waals surface area contributed by atoms with Gasteiger partial charge in [0.05, 0.1) is 6.42 Å². The largest absolute Gasteiger partial charge is 0.462 e. The summed E-state index contributed by atoms with van der Waals surface area (Å²) in [7, 11) is 0. The first-order chi connectivity index (χ1) is 34.0. The zero-order valence-corrected chi connectivity index (χ0v) is 44.0. The molecule has 0 rings (SSSR count). The monoisotopic (exact) mass is 951 g/mol. The Morgan fingerprint density at radius 2 is 0.609 bits per heavy atom. The van der Waals surface area contributed by atoms with Crippen molar-refractivity contribution in [1.82, 2.24) is 0 Å². The third kappa shape index (κ3) is 54.1. The van der Waals surface area contributed by atoms with Gasteiger partial charge in [0, 0.05) is 12.8 Å². The lowest BCUT2D eigenvalue weighted by Gasteiger charge is -2.18. The van der Waals surface area contributed by atoms with Crippen LogP contribution >= 0.6 is 0 Å². The number of hydrogen-bond acceptors (Lipinski definition) is 6. The minimum Gasteiger partial charge on any atom is -0.462 e. The molecule has 0 aromatic heterocycles. The van der Waals surface area contributed by atoms with Gasteiger partial charge in [0.1, 0.15) is 13.2 Å². The fourth-order valence-electron chi connectivity index (χ4n) is 6.85. The van der Waals surface area contributed by atoms with Crippen molar-refractivity contribution < 1.29 is 28.6 Å². The minimum atomic E-state index is -0.836. The molecule has 0 aromatic rings. The molecule has 0 radical (unpaired) electrons. The van der Waals surface area contributed by atoms with Crippen molar-refractivity contribution in [3.8, 4) is 0 Å². The molecule has 1 unspecified atom stereocenters. The van der Waals surface area contributed by atoms with E-state index in [1.54, 1.807) is 6.08 Å². The van der Waals surface area contributed by atoms with Gasteiger partial charge in [-0.1, -0.05) is 237 Å². The summed E-state index contributed by atoms with van der Waals surface area (Å²) in [5.41, 5.74) is 0. The molecule has 0 spiro atoms. The summed E-state index contributed by atoms with van der Waals surface area (Å²) in [6.07, 6.45) is 80.5. The first-order valence-corrected chi connectivity index (χ1v) is 27.3. The van der Waals surface area contributed by atoms with Crippen LogP contribution in [0.4, 0.5) is 0 Å². The van der Waals surface area contributed by atoms with E-state index in [0.717, 1.165) is 128 Å². The van der Waals surface area contributed by atoms with E-state index < -0.39 is 12.1 Å². The first kappa shape index (κ1) is 64.3. The summed E-state index contributed by atoms with van der Waals surface area (Å²) < 4.78 is 16.5. The van der Waals surface area contributed by atoms with Crippen LogP contribution in [0.15, 0.2) is 146 Å². The van der Waals surface area contributed by atoms with Gasteiger partial charge in [0.25, 0.3) is 0 Å². The highest BCUT2D eigenvalue weighted by atomic mass is 16.6. The molecule has 0 aliphatic rings. The van der Waals surface area contributed by atoms with E-state index in [4.69, 9.17) is 14.2 Å². The molecule has 6 nitrogen and oxygen atoms in total. The topological polar surface area (TPSA) is 78.9 Å². The van der Waals surface area contributed by atoms with Gasteiger partial charge in [-0.05, 0) is 103 Å². The second kappa shape index (κ2) is 55.9. The number of allylic oxidation sites excluding steroid dienone is 23. The van der Waals surface area contributed by atoms with Crippen molar-refractivity contribution in [3.63, 3.8) is 0 Å². The van der Waals surface area contributed by atoms with Gasteiger partial charge in [-0.2, -0.15) is 0 Å². The number of hydrogen-bond donors (Lipinski definition) is 0. The number of unbranched alkanes of at least 4 members (excludes halogenated alkanes) is 13. The molecule has 0 heterocycles. The fraction of sp³-hybridized carbons (Fsp3) is 0.571. The predicted octanol–water partition coefficient (Wildman–Crippen LogP) is 18.4. The zero-order chi connectivity index (χ0) is 50.0. The Bertz CT molecular complexity index is 1560. The van der Waals surface area contributed by atoms with Crippen molar-refractivity contribution in [2.75, 3.05) is 13.2 Å². The molecule has 0 aliphatic heterocycles. The SMILES string of the molecule is CC/C=C\C/C=C\C/C=C\C/C=C\C/C=C\C/C=C\C/C=C\CCCCCCCCCCCC(=O)OCC(COC(=O)CCCCCCC)OC(=O)C/C=C\C/C=C\C/C=C\C/C=C\C/C=C\CC. The van der Waals surface area contributed by atoms with E-state index >= 15 is 0 Å². The minimum absolute atomic E-state index is 0.0903. The normalized spacial score (nSPS) is 13.3. The van der Waals surface area contributed by atoms with Crippen molar-refractivity contribution in [2.45, 2.75) is 219 Å². The number of carbonyl (C=O) groups excluding carboxylic acids is 3. The highest BCUT2D eigenvalue weighted by molar-refractivity contribution is 5.72. The summed E-state index contributed by atoms with van der Waals surface area (Å²) in [4.78, 5) is 37.6. The van der Waals surface area contributed by atoms with Crippen molar-refractivity contribution >= 4 is 17.9 Å². The molecule has 0 aliphatic carbocycles. The number of carbonyl (C=O) groups is 3. The second-order valence-electron chi connectivity index (χ2n) is 17.4. The highest BCUT2D eigenvalue weighted by Gasteiger charge is 2.19. The molecular weight excluding hydrogens is 853 g/mol. The molecule has 386 valence electrons. The van der Waals surface area contributed by atoms with E-state index in [1.807, 2.05) is 6.08 Å². The molecule has 0 N–H and O–H groups in total. The Morgan fingerprint density at radius 1 is 0.319 bits per heavy atom. The average molecular weight is 951 g/mol. The molecule has 0 saturated carbocycles. The third-order valence-electron chi connectivity index (χ3n) is 10.9. The fourth-order valence-corrected chi connectivity index (χ4v) is 6.85. The molecule has 0 bridgehead atoms. The quantitative estimate of drug-likeness (QED) is 0.0262. The Balaban J connectivity index is 4.17. The maximum absolute atomic E-state index is 12.7. The number of ether oxygens (including phenoxy) is 3. The van der Waals surface area contributed by atoms with Gasteiger partial charge >= 0.3 is 17.9 Å². The maximum Gasteiger partial charge on any atom is 0.310 e. The van der Waals surface area contributed by atoms with Gasteiger partial charge in [-0.15, -0.1) is 0 Å². The first-order valence-electron chi connectivity index (χ1n) is 27.3. The molecule has 0 saturated heterocycles. The van der Waals surface area contributed by atoms with Crippen molar-refractivity contribution in [1.29, 1.82) is 0 Å². The molecular formula is C63H98O6. The Hall–Kier alpha value is -4.71. The lowest BCUT2D eigenvalue weighted by molar-refractivity contribution is -0.166. The van der Waals surface area contributed by atoms with Crippen LogP contribution in [-0.2, 0) is 28.6 Å². The van der Waals surface area contributed by atoms with Crippen LogP contribution in [-0.4, -0.2) is 37.2 Å². The second-order valence-corrected chi connectivity index (χ2v) is 17.4. The predicted molar refractivity (Wildman–Crippen MR) is 297 cm³/mol. The van der Waals surface area contributed by atoms with E-state index in [2.05, 4.69) is 154 Å². The van der Waals surface area contributed by atoms with E-state index in [1.165, 1.54) is 38.5 Å². The molecule has 0 fully saturated rings. The van der Waals surface area contributed by atoms with E-state index in [-0.39, 0.29) is 31.6 Å². The van der Waals surface area contributed by atoms with Crippen LogP contribution in [0.2, 0.25) is 0 Å². The van der Waals surface area contributed by atoms with Gasteiger partial charge in [0.15, 0.2) is 6.10 Å². The van der Waals surface area contributed by atoms with Crippen LogP contribution < -0.4 is 0 Å². The maximum atomic E-state index is 12.7. The molecule has 6 heteroatoms. The van der Waals surface area contributed by atoms with Crippen LogP contribution in [0.5, 0.6) is 0 Å². The zero-order valence-electron chi connectivity index (χ0n) is 44.0. The van der Waals surface area contributed by atoms with Crippen molar-refractivity contribution in [2.24, 2.45) is 0 Å². The average Bonchev–Trinajstić information content (AvgIpc) is 3.35. The standard InChI is InChI=1S/C63H98O6/c1-4-7-10-13-15-17-19-21-23-24-25-26-27-28-29-30-31-32-33-34-35-36-37-38-40-41-43-45-47-50-53-56-62(65)68-59-60(58-67-61(64)55-52-49-12-9-6-3)69-63(66)57-54-51-48-46-44-42-39-22-20-18-16-14-11-8-5-2/h7-8,10-11,15-18,21-23,25-26,28-29,31-32,34-35,39,44,46,51,54,60H,4-6,9,12-14,19-20,24,27,30,33,36-38,40-43,45,47-50,52-53,55-59H2,1-3H3/b10-7-,11-8-,17-15-,18-16-,23-21-,26-25-,29-28-,32-31-,35-34-,39-22-,46-44-,54-51-. The molecule has 69 heavy (non-hydrogen) atoms. The summed E-state index contributed by atoms with van der Waals surface area (Å²) >= 11 is 0. The molecule has 1 atom stereocenters. The Kier molecular flexibility index (Phi) is 52.1. The molecule has 0 amide bonds. The van der Waals surface area contributed by atoms with Crippen LogP contribution in [0.25, 0.3) is 0 Å². The smallest absolute Gasteiger partial charge is 0.310 e. The summed E-state index contributed by atoms with van der Waals surface area (Å²) in [6.45, 7) is 6.21. The third-order valence-corrected chi connectivity index (χ3v) is 10.9. The van der Waals surface area contributed by atoms with Crippen LogP contribution in [0.3, 0.4) is 0 Å². The van der Waals surface area contributed by atoms with Gasteiger partial charge < -0.3 is 14.2 Å². The van der Waals surface area contributed by atoms with Gasteiger partial charge in [-0.3, -0.25) is 14.4 Å². The summed E-state index contributed by atoms with van der Waals surface area (Å²) in [5, 5.41) is 0. The Morgan fingerprint density at radius 3 is 0.957 bits per heavy atom. The van der Waals surface area contributed by atoms with Gasteiger partial charge in [-0.25, -0.2) is 0 Å². The van der Waals surface area contributed by atoms with Crippen LogP contribution in [0.1, 0.15) is 213 Å². The van der Waals surface area contributed by atoms with Crippen LogP contribution in [0, 0.1) is 0 Å². The highest BCUT2D eigenvalue weighted by Crippen LogP contribution is 2.13. The summed E-state index contributed by atoms with van der Waals surface area (Å²) in [5.74, 6) is -1.09. The number of rotatable bonds is 47. The van der Waals surface area contributed by atoms with E-state index in [0.29, 0.717) is 19.3 Å². The number of esters is 3. The van der Waals surface area contributed by atoms with E-state index in [9.17, 15) is 14.4 Å². The summed E-state index contributed by atoms with van der Waals surface area (Å²) in [6, 6.07) is 0. The van der Waals surface area contributed by atoms with Crippen molar-refractivity contribution in [3.05, 3.63) is 146 Å². The van der Waals surface area contributed by atoms with Gasteiger partial charge in [0.2, 0.25) is 0 Å². The molecule has 0 aromatic carbocycles. The lowest BCUT2D eigenvalue weighted by Crippen LogP contribution is -2.30. The Labute approximate surface area is 423 Å². The lowest BCUT2D eigenvalue weighted by atomic mass is 10.1.